The number of pyridine rings is 2. The molecule has 1 amide bonds. The summed E-state index contributed by atoms with van der Waals surface area (Å²) in [5, 5.41) is 9.86. The van der Waals surface area contributed by atoms with Crippen LogP contribution in [-0.2, 0) is 6.54 Å². The fourth-order valence-corrected chi connectivity index (χ4v) is 4.21. The summed E-state index contributed by atoms with van der Waals surface area (Å²) in [6.45, 7) is 5.38. The van der Waals surface area contributed by atoms with Gasteiger partial charge in [0.25, 0.3) is 5.91 Å². The highest BCUT2D eigenvalue weighted by Crippen LogP contribution is 2.27. The minimum Gasteiger partial charge on any atom is -0.472 e. The van der Waals surface area contributed by atoms with E-state index in [1.807, 2.05) is 39.1 Å². The number of nitrogens with zero attached hydrogens (tertiary/aromatic N) is 4. The first-order valence-electron chi connectivity index (χ1n) is 12.3. The van der Waals surface area contributed by atoms with Crippen molar-refractivity contribution in [3.05, 3.63) is 89.1 Å². The lowest BCUT2D eigenvalue weighted by Gasteiger charge is -2.37. The number of aromatic nitrogens is 2. The van der Waals surface area contributed by atoms with Crippen molar-refractivity contribution in [2.75, 3.05) is 26.7 Å². The number of halogens is 1. The molecular formula is C29H31FN4O3. The molecular weight excluding hydrogens is 471 g/mol. The third kappa shape index (κ3) is 6.70. The predicted molar refractivity (Wildman–Crippen MR) is 138 cm³/mol. The molecule has 1 aromatic carbocycles. The smallest absolute Gasteiger partial charge is 0.259 e. The Morgan fingerprint density at radius 3 is 2.65 bits per heavy atom. The topological polar surface area (TPSA) is 78.8 Å². The molecule has 1 aliphatic rings. The molecule has 1 N–H and O–H groups in total. The van der Waals surface area contributed by atoms with Crippen LogP contribution in [0.2, 0.25) is 0 Å². The highest BCUT2D eigenvalue weighted by molar-refractivity contribution is 5.97. The van der Waals surface area contributed by atoms with Crippen molar-refractivity contribution < 1.29 is 19.0 Å². The maximum Gasteiger partial charge on any atom is 0.259 e. The third-order valence-corrected chi connectivity index (χ3v) is 6.37. The van der Waals surface area contributed by atoms with Crippen LogP contribution in [0.5, 0.6) is 5.88 Å². The number of aliphatic hydroxyl groups excluding tert-OH is 1. The molecule has 0 aliphatic carbocycles. The Labute approximate surface area is 216 Å². The van der Waals surface area contributed by atoms with Gasteiger partial charge >= 0.3 is 0 Å². The van der Waals surface area contributed by atoms with E-state index in [4.69, 9.17) is 4.74 Å². The minimum absolute atomic E-state index is 0.0166. The molecule has 4 rings (SSSR count). The molecule has 0 unspecified atom stereocenters. The molecule has 37 heavy (non-hydrogen) atoms. The van der Waals surface area contributed by atoms with Crippen LogP contribution in [0.25, 0.3) is 0 Å². The molecule has 3 heterocycles. The average molecular weight is 503 g/mol. The van der Waals surface area contributed by atoms with Crippen LogP contribution in [0.15, 0.2) is 60.9 Å². The van der Waals surface area contributed by atoms with E-state index in [0.29, 0.717) is 36.3 Å². The van der Waals surface area contributed by atoms with E-state index in [1.54, 1.807) is 35.5 Å². The highest BCUT2D eigenvalue weighted by Gasteiger charge is 2.34. The summed E-state index contributed by atoms with van der Waals surface area (Å²) in [6.07, 6.45) is 3.09. The van der Waals surface area contributed by atoms with Gasteiger partial charge in [-0.1, -0.05) is 24.8 Å². The van der Waals surface area contributed by atoms with E-state index in [2.05, 4.69) is 26.7 Å². The molecule has 0 bridgehead atoms. The van der Waals surface area contributed by atoms with Crippen molar-refractivity contribution in [2.24, 2.45) is 5.92 Å². The molecule has 2 aromatic heterocycles. The van der Waals surface area contributed by atoms with Crippen molar-refractivity contribution in [1.82, 2.24) is 19.8 Å². The van der Waals surface area contributed by atoms with E-state index in [-0.39, 0.29) is 42.3 Å². The van der Waals surface area contributed by atoms with Crippen LogP contribution in [0, 0.1) is 23.6 Å². The third-order valence-electron chi connectivity index (χ3n) is 6.37. The summed E-state index contributed by atoms with van der Waals surface area (Å²) in [7, 11) is 2.01. The number of ether oxygens (including phenoxy) is 1. The Balaban J connectivity index is 1.62. The summed E-state index contributed by atoms with van der Waals surface area (Å²) in [5.41, 5.74) is 2.44. The predicted octanol–water partition coefficient (Wildman–Crippen LogP) is 3.37. The zero-order valence-corrected chi connectivity index (χ0v) is 21.3. The number of carbonyl (C=O) groups excluding carboxylic acids is 1. The van der Waals surface area contributed by atoms with E-state index < -0.39 is 0 Å². The van der Waals surface area contributed by atoms with Crippen molar-refractivity contribution in [1.29, 1.82) is 0 Å². The SMILES string of the molecule is C[C@@H]1CN([C@H](C)CO)C(=O)c2cc(C#Cc3ccc(F)cc3)cnc2O[C@@H]1CN(C)Cc1ccccn1. The molecule has 3 aromatic rings. The molecule has 0 saturated carbocycles. The van der Waals surface area contributed by atoms with Gasteiger partial charge in [0.05, 0.1) is 18.3 Å². The average Bonchev–Trinajstić information content (AvgIpc) is 2.90. The van der Waals surface area contributed by atoms with Crippen LogP contribution in [0.4, 0.5) is 4.39 Å². The minimum atomic E-state index is -0.373. The lowest BCUT2D eigenvalue weighted by molar-refractivity contribution is 0.0324. The van der Waals surface area contributed by atoms with E-state index >= 15 is 0 Å². The zero-order valence-electron chi connectivity index (χ0n) is 21.3. The van der Waals surface area contributed by atoms with Gasteiger partial charge in [-0.25, -0.2) is 9.37 Å². The van der Waals surface area contributed by atoms with Gasteiger partial charge in [0, 0.05) is 49.1 Å². The first kappa shape index (κ1) is 26.3. The second kappa shape index (κ2) is 12.0. The Morgan fingerprint density at radius 2 is 1.95 bits per heavy atom. The zero-order chi connectivity index (χ0) is 26.4. The second-order valence-corrected chi connectivity index (χ2v) is 9.47. The van der Waals surface area contributed by atoms with Crippen LogP contribution < -0.4 is 4.74 Å². The molecule has 7 nitrogen and oxygen atoms in total. The molecule has 3 atom stereocenters. The number of likely N-dealkylation sites (N-methyl/N-ethyl adjacent to an activating group) is 1. The molecule has 0 fully saturated rings. The summed E-state index contributed by atoms with van der Waals surface area (Å²) in [4.78, 5) is 26.2. The molecule has 8 heteroatoms. The van der Waals surface area contributed by atoms with Crippen molar-refractivity contribution in [2.45, 2.75) is 32.5 Å². The lowest BCUT2D eigenvalue weighted by atomic mass is 10.00. The van der Waals surface area contributed by atoms with Crippen LogP contribution in [0.3, 0.4) is 0 Å². The first-order chi connectivity index (χ1) is 17.8. The van der Waals surface area contributed by atoms with Gasteiger partial charge < -0.3 is 14.7 Å². The molecule has 0 spiro atoms. The van der Waals surface area contributed by atoms with Gasteiger partial charge in [0.2, 0.25) is 5.88 Å². The van der Waals surface area contributed by atoms with Gasteiger partial charge in [0.1, 0.15) is 17.5 Å². The molecule has 1 aliphatic heterocycles. The van der Waals surface area contributed by atoms with E-state index in [0.717, 1.165) is 5.69 Å². The van der Waals surface area contributed by atoms with E-state index in [1.165, 1.54) is 12.1 Å². The molecule has 192 valence electrons. The van der Waals surface area contributed by atoms with Gasteiger partial charge in [-0.15, -0.1) is 0 Å². The fourth-order valence-electron chi connectivity index (χ4n) is 4.21. The Bertz CT molecular complexity index is 1270. The standard InChI is InChI=1S/C29H31FN4O3/c1-20-16-34(21(2)19-35)29(36)26-14-23(8-7-22-9-11-24(30)12-10-22)15-32-28(26)37-27(20)18-33(3)17-25-6-4-5-13-31-25/h4-6,9-15,20-21,27,35H,16-19H2,1-3H3/t20-,21-,27-/m1/s1. The Kier molecular flexibility index (Phi) is 8.49. The lowest BCUT2D eigenvalue weighted by Crippen LogP contribution is -2.49. The second-order valence-electron chi connectivity index (χ2n) is 9.47. The summed E-state index contributed by atoms with van der Waals surface area (Å²) < 4.78 is 19.5. The number of amides is 1. The first-order valence-corrected chi connectivity index (χ1v) is 12.3. The number of rotatable bonds is 6. The van der Waals surface area contributed by atoms with Crippen molar-refractivity contribution >= 4 is 5.91 Å². The maximum atomic E-state index is 13.6. The van der Waals surface area contributed by atoms with Gasteiger partial charge in [-0.2, -0.15) is 0 Å². The maximum absolute atomic E-state index is 13.6. The van der Waals surface area contributed by atoms with Crippen LogP contribution in [0.1, 0.15) is 41.0 Å². The van der Waals surface area contributed by atoms with Crippen LogP contribution in [-0.4, -0.2) is 69.7 Å². The number of hydrogen-bond acceptors (Lipinski definition) is 6. The van der Waals surface area contributed by atoms with Gasteiger partial charge in [-0.05, 0) is 56.4 Å². The number of hydrogen-bond donors (Lipinski definition) is 1. The quantitative estimate of drug-likeness (QED) is 0.521. The summed E-state index contributed by atoms with van der Waals surface area (Å²) in [6, 6.07) is 13.0. The fraction of sp³-hybridized carbons (Fsp3) is 0.345. The molecule has 0 saturated heterocycles. The molecule has 0 radical (unpaired) electrons. The Hall–Kier alpha value is -3.80. The number of benzene rings is 1. The van der Waals surface area contributed by atoms with Crippen LogP contribution >= 0.6 is 0 Å². The largest absolute Gasteiger partial charge is 0.472 e. The van der Waals surface area contributed by atoms with Gasteiger partial charge in [0.15, 0.2) is 0 Å². The van der Waals surface area contributed by atoms with E-state index in [9.17, 15) is 14.3 Å². The van der Waals surface area contributed by atoms with Crippen molar-refractivity contribution in [3.8, 4) is 17.7 Å². The van der Waals surface area contributed by atoms with Crippen molar-refractivity contribution in [3.63, 3.8) is 0 Å². The normalized spacial score (nSPS) is 18.2. The Morgan fingerprint density at radius 1 is 1.19 bits per heavy atom. The monoisotopic (exact) mass is 502 g/mol. The highest BCUT2D eigenvalue weighted by atomic mass is 19.1. The number of carbonyl (C=O) groups is 1. The number of aliphatic hydroxyl groups is 1. The summed E-state index contributed by atoms with van der Waals surface area (Å²) in [5.74, 6) is 5.61. The van der Waals surface area contributed by atoms with Gasteiger partial charge in [-0.3, -0.25) is 14.7 Å². The summed E-state index contributed by atoms with van der Waals surface area (Å²) >= 11 is 0. The number of fused-ring (bicyclic) bond motifs is 1.